The zero-order chi connectivity index (χ0) is 28.7. The highest BCUT2D eigenvalue weighted by Crippen LogP contribution is 2.62. The molecule has 0 radical (unpaired) electrons. The van der Waals surface area contributed by atoms with Crippen molar-refractivity contribution >= 4 is 23.4 Å². The highest BCUT2D eigenvalue weighted by atomic mass is 35.5. The summed E-state index contributed by atoms with van der Waals surface area (Å²) in [5.74, 6) is 0.344. The summed E-state index contributed by atoms with van der Waals surface area (Å²) in [6.07, 6.45) is 3.50. The predicted octanol–water partition coefficient (Wildman–Crippen LogP) is 5.69. The molecule has 8 heteroatoms. The molecule has 2 aromatic carbocycles. The smallest absolute Gasteiger partial charge is 0.272 e. The number of fused-ring (bicyclic) bond motifs is 2. The highest BCUT2D eigenvalue weighted by Gasteiger charge is 2.59. The van der Waals surface area contributed by atoms with Gasteiger partial charge in [-0.05, 0) is 60.6 Å². The lowest BCUT2D eigenvalue weighted by Crippen LogP contribution is -2.52. The second-order valence-electron chi connectivity index (χ2n) is 12.5. The Morgan fingerprint density at radius 2 is 1.77 bits per heavy atom. The molecular weight excluding hydrogens is 522 g/mol. The van der Waals surface area contributed by atoms with E-state index >= 15 is 0 Å². The van der Waals surface area contributed by atoms with Crippen LogP contribution in [0, 0.1) is 23.7 Å². The maximum atomic E-state index is 14.1. The molecule has 2 fully saturated rings. The van der Waals surface area contributed by atoms with Crippen molar-refractivity contribution in [3.8, 4) is 11.3 Å². The van der Waals surface area contributed by atoms with Gasteiger partial charge < -0.3 is 10.6 Å². The fourth-order valence-corrected chi connectivity index (χ4v) is 7.12. The standard InChI is InChI=1S/C32H40ClN5O2/c1-20-6-8-22(9-7-20)18-38-28(23-10-12-25(33)13-11-23)26(17-34-19-35-21(2)39)27(37-38)29(40)36-30-31(3,4)24-14-15-32(30,5)16-24/h6-13,24,30,34H,14-19H2,1-5H3,(H,35,39)(H,36,40). The number of nitrogens with one attached hydrogen (secondary N) is 3. The second kappa shape index (κ2) is 11.0. The Labute approximate surface area is 242 Å². The minimum absolute atomic E-state index is 0.0238. The highest BCUT2D eigenvalue weighted by molar-refractivity contribution is 6.30. The number of aryl methyl sites for hydroxylation is 1. The zero-order valence-electron chi connectivity index (χ0n) is 24.1. The molecular formula is C32H40ClN5O2. The first kappa shape index (κ1) is 28.4. The third-order valence-electron chi connectivity index (χ3n) is 9.15. The number of carbonyl (C=O) groups is 2. The van der Waals surface area contributed by atoms with Crippen molar-refractivity contribution in [2.75, 3.05) is 6.67 Å². The van der Waals surface area contributed by atoms with Crippen LogP contribution in [0.25, 0.3) is 11.3 Å². The van der Waals surface area contributed by atoms with Crippen molar-refractivity contribution < 1.29 is 9.59 Å². The average molecular weight is 562 g/mol. The van der Waals surface area contributed by atoms with Gasteiger partial charge in [0, 0.05) is 35.7 Å². The lowest BCUT2D eigenvalue weighted by atomic mass is 9.68. The van der Waals surface area contributed by atoms with Crippen molar-refractivity contribution in [3.63, 3.8) is 0 Å². The Morgan fingerprint density at radius 1 is 1.07 bits per heavy atom. The minimum Gasteiger partial charge on any atom is -0.347 e. The van der Waals surface area contributed by atoms with Crippen molar-refractivity contribution in [1.29, 1.82) is 0 Å². The SMILES string of the molecule is CC(=O)NCNCc1c(C(=O)NC2C3(C)CCC(C3)C2(C)C)nn(Cc2ccc(C)cc2)c1-c1ccc(Cl)cc1. The molecule has 2 aliphatic rings. The van der Waals surface area contributed by atoms with Crippen LogP contribution in [0.15, 0.2) is 48.5 Å². The molecule has 0 aliphatic heterocycles. The van der Waals surface area contributed by atoms with Gasteiger partial charge in [-0.2, -0.15) is 5.10 Å². The van der Waals surface area contributed by atoms with Gasteiger partial charge in [0.05, 0.1) is 18.9 Å². The molecule has 2 aliphatic carbocycles. The number of hydrogen-bond acceptors (Lipinski definition) is 4. The molecule has 3 N–H and O–H groups in total. The predicted molar refractivity (Wildman–Crippen MR) is 159 cm³/mol. The number of amides is 2. The van der Waals surface area contributed by atoms with Gasteiger partial charge in [0.2, 0.25) is 5.91 Å². The first-order valence-electron chi connectivity index (χ1n) is 14.1. The summed E-state index contributed by atoms with van der Waals surface area (Å²) < 4.78 is 1.92. The number of halogens is 1. The first-order valence-corrected chi connectivity index (χ1v) is 14.5. The van der Waals surface area contributed by atoms with Gasteiger partial charge in [-0.25, -0.2) is 0 Å². The van der Waals surface area contributed by atoms with Gasteiger partial charge in [-0.3, -0.25) is 19.6 Å². The molecule has 212 valence electrons. The van der Waals surface area contributed by atoms with Gasteiger partial charge in [-0.1, -0.05) is 74.3 Å². The fourth-order valence-electron chi connectivity index (χ4n) is 7.00. The molecule has 2 bridgehead atoms. The number of nitrogens with zero attached hydrogens (tertiary/aromatic N) is 2. The van der Waals surface area contributed by atoms with Crippen LogP contribution in [0.4, 0.5) is 0 Å². The molecule has 1 aromatic heterocycles. The van der Waals surface area contributed by atoms with Crippen LogP contribution in [0.3, 0.4) is 0 Å². The largest absolute Gasteiger partial charge is 0.347 e. The van der Waals surface area contributed by atoms with Gasteiger partial charge in [0.15, 0.2) is 5.69 Å². The summed E-state index contributed by atoms with van der Waals surface area (Å²) in [6, 6.07) is 16.1. The van der Waals surface area contributed by atoms with E-state index in [1.165, 1.54) is 18.9 Å². The van der Waals surface area contributed by atoms with E-state index in [-0.39, 0.29) is 35.4 Å². The summed E-state index contributed by atoms with van der Waals surface area (Å²) in [5, 5.41) is 15.1. The molecule has 7 nitrogen and oxygen atoms in total. The quantitative estimate of drug-likeness (QED) is 0.231. The topological polar surface area (TPSA) is 88.1 Å². The number of carbonyl (C=O) groups excluding carboxylic acids is 2. The van der Waals surface area contributed by atoms with E-state index in [2.05, 4.69) is 67.9 Å². The van der Waals surface area contributed by atoms with E-state index in [0.717, 1.165) is 35.2 Å². The van der Waals surface area contributed by atoms with Crippen molar-refractivity contribution in [3.05, 3.63) is 75.9 Å². The number of hydrogen-bond donors (Lipinski definition) is 3. The van der Waals surface area contributed by atoms with E-state index < -0.39 is 0 Å². The first-order chi connectivity index (χ1) is 19.0. The molecule has 5 rings (SSSR count). The van der Waals surface area contributed by atoms with Crippen molar-refractivity contribution in [1.82, 2.24) is 25.7 Å². The van der Waals surface area contributed by atoms with Crippen LogP contribution in [0.5, 0.6) is 0 Å². The second-order valence-corrected chi connectivity index (χ2v) is 12.9. The summed E-state index contributed by atoms with van der Waals surface area (Å²) in [7, 11) is 0. The molecule has 2 amide bonds. The van der Waals surface area contributed by atoms with Crippen LogP contribution in [0.1, 0.15) is 74.1 Å². The van der Waals surface area contributed by atoms with Gasteiger partial charge in [0.1, 0.15) is 0 Å². The van der Waals surface area contributed by atoms with Crippen LogP contribution in [-0.4, -0.2) is 34.3 Å². The third-order valence-corrected chi connectivity index (χ3v) is 9.40. The maximum absolute atomic E-state index is 14.1. The molecule has 3 atom stereocenters. The summed E-state index contributed by atoms with van der Waals surface area (Å²) in [6.45, 7) is 11.6. The molecule has 3 aromatic rings. The monoisotopic (exact) mass is 561 g/mol. The van der Waals surface area contributed by atoms with Crippen LogP contribution in [0.2, 0.25) is 5.02 Å². The van der Waals surface area contributed by atoms with E-state index in [1.54, 1.807) is 0 Å². The van der Waals surface area contributed by atoms with Gasteiger partial charge in [-0.15, -0.1) is 0 Å². The summed E-state index contributed by atoms with van der Waals surface area (Å²) in [5.41, 5.74) is 5.38. The van der Waals surface area contributed by atoms with Crippen LogP contribution >= 0.6 is 11.6 Å². The molecule has 2 saturated carbocycles. The van der Waals surface area contributed by atoms with E-state index in [4.69, 9.17) is 16.7 Å². The van der Waals surface area contributed by atoms with E-state index in [1.807, 2.05) is 28.9 Å². The Balaban J connectivity index is 1.56. The summed E-state index contributed by atoms with van der Waals surface area (Å²) in [4.78, 5) is 25.6. The van der Waals surface area contributed by atoms with Crippen LogP contribution < -0.4 is 16.0 Å². The average Bonchev–Trinajstić information content (AvgIpc) is 3.53. The Bertz CT molecular complexity index is 1390. The lowest BCUT2D eigenvalue weighted by Gasteiger charge is -2.43. The van der Waals surface area contributed by atoms with E-state index in [0.29, 0.717) is 29.7 Å². The van der Waals surface area contributed by atoms with Gasteiger partial charge in [0.25, 0.3) is 5.91 Å². The Hall–Kier alpha value is -3.16. The van der Waals surface area contributed by atoms with Gasteiger partial charge >= 0.3 is 0 Å². The molecule has 3 unspecified atom stereocenters. The Kier molecular flexibility index (Phi) is 7.81. The lowest BCUT2D eigenvalue weighted by molar-refractivity contribution is -0.119. The minimum atomic E-state index is -0.152. The Morgan fingerprint density at radius 3 is 2.40 bits per heavy atom. The number of benzene rings is 2. The third kappa shape index (κ3) is 5.54. The van der Waals surface area contributed by atoms with Crippen molar-refractivity contribution in [2.24, 2.45) is 16.7 Å². The van der Waals surface area contributed by atoms with E-state index in [9.17, 15) is 9.59 Å². The molecule has 40 heavy (non-hydrogen) atoms. The number of rotatable bonds is 9. The van der Waals surface area contributed by atoms with Crippen LogP contribution in [-0.2, 0) is 17.9 Å². The normalized spacial score (nSPS) is 22.9. The number of aromatic nitrogens is 2. The molecule has 1 heterocycles. The summed E-state index contributed by atoms with van der Waals surface area (Å²) >= 11 is 6.24. The molecule has 0 spiro atoms. The zero-order valence-corrected chi connectivity index (χ0v) is 24.9. The maximum Gasteiger partial charge on any atom is 0.272 e. The fraction of sp³-hybridized carbons (Fsp3) is 0.469. The molecule has 0 saturated heterocycles. The van der Waals surface area contributed by atoms with Crippen molar-refractivity contribution in [2.45, 2.75) is 73.0 Å².